The van der Waals surface area contributed by atoms with Crippen LogP contribution in [0.15, 0.2) is 30.9 Å². The Kier molecular flexibility index (Phi) is 10.2. The molecule has 9 nitrogen and oxygen atoms in total. The second-order valence-corrected chi connectivity index (χ2v) is 14.8. The zero-order valence-electron chi connectivity index (χ0n) is 29.5. The zero-order valence-corrected chi connectivity index (χ0v) is 30.3. The van der Waals surface area contributed by atoms with Crippen molar-refractivity contribution in [2.45, 2.75) is 51.9 Å². The number of anilines is 3. The average molecular weight is 741 g/mol. The van der Waals surface area contributed by atoms with Crippen LogP contribution >= 0.6 is 11.3 Å². The molecule has 2 aromatic carbocycles. The summed E-state index contributed by atoms with van der Waals surface area (Å²) in [5.74, 6) is -1.45. The Bertz CT molecular complexity index is 2050. The highest BCUT2D eigenvalue weighted by Crippen LogP contribution is 2.54. The molecule has 276 valence electrons. The summed E-state index contributed by atoms with van der Waals surface area (Å²) >= 11 is 0.743. The molecule has 1 aliphatic carbocycles. The molecule has 1 spiro atoms. The van der Waals surface area contributed by atoms with Crippen molar-refractivity contribution in [1.29, 1.82) is 5.26 Å². The van der Waals surface area contributed by atoms with E-state index in [-0.39, 0.29) is 54.9 Å². The molecule has 4 aliphatic rings. The van der Waals surface area contributed by atoms with Gasteiger partial charge in [-0.05, 0) is 56.0 Å². The van der Waals surface area contributed by atoms with E-state index in [1.807, 2.05) is 43.7 Å². The molecule has 5 heterocycles. The van der Waals surface area contributed by atoms with Gasteiger partial charge >= 0.3 is 6.18 Å². The third-order valence-corrected chi connectivity index (χ3v) is 11.5. The van der Waals surface area contributed by atoms with Crippen LogP contribution in [0.4, 0.5) is 38.7 Å². The number of piperazine rings is 1. The third kappa shape index (κ3) is 6.56. The van der Waals surface area contributed by atoms with E-state index in [2.05, 4.69) is 21.4 Å². The van der Waals surface area contributed by atoms with Crippen molar-refractivity contribution in [3.63, 3.8) is 0 Å². The number of aldehydes is 1. The van der Waals surface area contributed by atoms with E-state index in [1.54, 1.807) is 0 Å². The van der Waals surface area contributed by atoms with E-state index in [9.17, 15) is 22.8 Å². The number of allylic oxidation sites excluding steroid dienone is 1. The summed E-state index contributed by atoms with van der Waals surface area (Å²) in [6, 6.07) is 5.24. The molecule has 52 heavy (non-hydrogen) atoms. The van der Waals surface area contributed by atoms with E-state index in [1.165, 1.54) is 18.9 Å². The number of hydrogen-bond donors (Lipinski definition) is 1. The van der Waals surface area contributed by atoms with Crippen LogP contribution < -0.4 is 15.5 Å². The Morgan fingerprint density at radius 2 is 1.77 bits per heavy atom. The maximum absolute atomic E-state index is 17.0. The second-order valence-electron chi connectivity index (χ2n) is 13.7. The van der Waals surface area contributed by atoms with Gasteiger partial charge in [0, 0.05) is 74.2 Å². The number of aromatic nitrogens is 2. The minimum atomic E-state index is -4.99. The molecule has 3 saturated heterocycles. The largest absolute Gasteiger partial charge is 0.417 e. The molecule has 0 radical (unpaired) electrons. The van der Waals surface area contributed by atoms with Crippen molar-refractivity contribution in [3.8, 4) is 17.2 Å². The van der Waals surface area contributed by atoms with E-state index in [0.717, 1.165) is 42.6 Å². The van der Waals surface area contributed by atoms with Gasteiger partial charge < -0.3 is 20.4 Å². The van der Waals surface area contributed by atoms with Crippen LogP contribution in [0.5, 0.6) is 0 Å². The fraction of sp³-hybridized carbons (Fsp3) is 0.459. The van der Waals surface area contributed by atoms with Crippen molar-refractivity contribution >= 4 is 55.4 Å². The number of nitrogen functional groups attached to an aromatic ring is 1. The van der Waals surface area contributed by atoms with Gasteiger partial charge in [0.2, 0.25) is 5.95 Å². The van der Waals surface area contributed by atoms with Gasteiger partial charge in [0.25, 0.3) is 0 Å². The molecule has 0 bridgehead atoms. The van der Waals surface area contributed by atoms with Gasteiger partial charge in [-0.3, -0.25) is 9.69 Å². The molecule has 4 fully saturated rings. The van der Waals surface area contributed by atoms with Gasteiger partial charge in [-0.25, -0.2) is 13.8 Å². The van der Waals surface area contributed by atoms with Gasteiger partial charge in [0.1, 0.15) is 34.5 Å². The van der Waals surface area contributed by atoms with Crippen molar-refractivity contribution < 1.29 is 26.7 Å². The summed E-state index contributed by atoms with van der Waals surface area (Å²) < 4.78 is 76.4. The molecule has 8 rings (SSSR count). The molecule has 1 unspecified atom stereocenters. The molecule has 2 aromatic heterocycles. The number of likely N-dealkylation sites (tertiary alicyclic amines) is 1. The lowest BCUT2D eigenvalue weighted by atomic mass is 9.92. The number of fused-ring (bicyclic) bond motifs is 2. The van der Waals surface area contributed by atoms with Gasteiger partial charge in [-0.2, -0.15) is 23.4 Å². The Balaban J connectivity index is 0.000000726. The summed E-state index contributed by atoms with van der Waals surface area (Å²) in [6.07, 6.45) is -0.613. The summed E-state index contributed by atoms with van der Waals surface area (Å²) in [4.78, 5) is 26.9. The van der Waals surface area contributed by atoms with E-state index >= 15 is 4.39 Å². The maximum Gasteiger partial charge on any atom is 0.417 e. The fourth-order valence-electron chi connectivity index (χ4n) is 7.23. The summed E-state index contributed by atoms with van der Waals surface area (Å²) in [5, 5.41) is 9.55. The highest BCUT2D eigenvalue weighted by atomic mass is 32.1. The Labute approximate surface area is 303 Å². The number of carbonyl (C=O) groups excluding carboxylic acids is 1. The van der Waals surface area contributed by atoms with Crippen LogP contribution in [0.2, 0.25) is 0 Å². The topological polar surface area (TPSA) is 106 Å². The summed E-state index contributed by atoms with van der Waals surface area (Å²) in [5.41, 5.74) is 3.72. The van der Waals surface area contributed by atoms with Crippen LogP contribution in [0.1, 0.15) is 44.7 Å². The lowest BCUT2D eigenvalue weighted by Gasteiger charge is -2.52. The highest BCUT2D eigenvalue weighted by molar-refractivity contribution is 7.23. The van der Waals surface area contributed by atoms with Gasteiger partial charge in [0.05, 0.1) is 15.8 Å². The summed E-state index contributed by atoms with van der Waals surface area (Å²) in [6.45, 7) is 14.2. The quantitative estimate of drug-likeness (QED) is 0.131. The molecule has 1 saturated carbocycles. The number of likely N-dealkylation sites (N-methyl/N-ethyl adjacent to an activating group) is 1. The van der Waals surface area contributed by atoms with Crippen LogP contribution in [-0.2, 0) is 11.0 Å². The number of nitriles is 1. The molecule has 15 heteroatoms. The van der Waals surface area contributed by atoms with Crippen LogP contribution in [0, 0.1) is 28.4 Å². The Morgan fingerprint density at radius 3 is 2.35 bits per heavy atom. The van der Waals surface area contributed by atoms with Gasteiger partial charge in [-0.15, -0.1) is 11.3 Å². The second kappa shape index (κ2) is 14.2. The Morgan fingerprint density at radius 1 is 1.10 bits per heavy atom. The molecule has 0 amide bonds. The number of rotatable bonds is 5. The molecule has 2 N–H and O–H groups in total. The number of nitrogens with zero attached hydrogens (tertiary/aromatic N) is 7. The van der Waals surface area contributed by atoms with Gasteiger partial charge in [0.15, 0.2) is 5.82 Å². The minimum Gasteiger partial charge on any atom is -0.389 e. The van der Waals surface area contributed by atoms with E-state index < -0.39 is 28.9 Å². The highest BCUT2D eigenvalue weighted by Gasteiger charge is 2.55. The number of benzene rings is 2. The number of nitrogens with two attached hydrogens (primary N) is 1. The van der Waals surface area contributed by atoms with Crippen LogP contribution in [-0.4, -0.2) is 91.0 Å². The Hall–Kier alpha value is -4.39. The zero-order chi connectivity index (χ0) is 37.7. The predicted octanol–water partition coefficient (Wildman–Crippen LogP) is 7.08. The average Bonchev–Trinajstić information content (AvgIpc) is 3.82. The standard InChI is InChI=1S/C32H31F5N8S.C3H4O.C2H6/c1-16-11-43(8-7-42(16)2)29-19-9-21(32(35,36)37)24(18-3-4-22(33)27-23(18)20(10-38)28(39)46-27)25(34)26(19)40-30(41-29)44-12-17(13-44)45-14-31(15-45)5-6-31;1-2-3-4;1-2/h3-4,9,16-17H,5-8,11-15,39H2,1-2H3;2-3H,1H2;1-2H3. The summed E-state index contributed by atoms with van der Waals surface area (Å²) in [7, 11) is 1.98. The fourth-order valence-corrected chi connectivity index (χ4v) is 8.18. The first-order chi connectivity index (χ1) is 24.8. The van der Waals surface area contributed by atoms with Crippen molar-refractivity contribution in [2.24, 2.45) is 5.41 Å². The van der Waals surface area contributed by atoms with Crippen molar-refractivity contribution in [3.05, 3.63) is 53.6 Å². The first kappa shape index (κ1) is 37.4. The number of carbonyl (C=O) groups is 1. The molecular formula is C37H41F5N8OS. The van der Waals surface area contributed by atoms with Crippen molar-refractivity contribution in [2.75, 3.05) is 68.4 Å². The normalized spacial score (nSPS) is 20.0. The number of halogens is 5. The smallest absolute Gasteiger partial charge is 0.389 e. The first-order valence-electron chi connectivity index (χ1n) is 17.3. The minimum absolute atomic E-state index is 0.0479. The SMILES string of the molecule is C=CC=O.CC.CC1CN(c2nc(N3CC(N4CC5(CC5)C4)C3)nc3c(F)c(-c4ccc(F)c5sc(N)c(C#N)c45)c(C(F)(F)F)cc23)CCN1C. The van der Waals surface area contributed by atoms with Crippen LogP contribution in [0.3, 0.4) is 0 Å². The molecule has 1 atom stereocenters. The van der Waals surface area contributed by atoms with Crippen molar-refractivity contribution in [1.82, 2.24) is 19.8 Å². The lowest BCUT2D eigenvalue weighted by molar-refractivity contribution is -0.137. The predicted molar refractivity (Wildman–Crippen MR) is 196 cm³/mol. The monoisotopic (exact) mass is 740 g/mol. The van der Waals surface area contributed by atoms with Gasteiger partial charge in [-0.1, -0.05) is 26.5 Å². The maximum atomic E-state index is 17.0. The molecule has 4 aromatic rings. The third-order valence-electron chi connectivity index (χ3n) is 10.5. The van der Waals surface area contributed by atoms with Crippen LogP contribution in [0.25, 0.3) is 32.1 Å². The first-order valence-corrected chi connectivity index (χ1v) is 18.1. The lowest BCUT2D eigenvalue weighted by Crippen LogP contribution is -2.66. The number of hydrogen-bond acceptors (Lipinski definition) is 10. The number of alkyl halides is 3. The number of thiophene rings is 1. The molecule has 3 aliphatic heterocycles. The van der Waals surface area contributed by atoms with E-state index in [0.29, 0.717) is 50.5 Å². The molecular weight excluding hydrogens is 700 g/mol. The van der Waals surface area contributed by atoms with E-state index in [4.69, 9.17) is 15.5 Å².